The second-order valence-electron chi connectivity index (χ2n) is 8.54. The molecule has 1 aromatic carbocycles. The number of rotatable bonds is 3. The molecule has 0 aliphatic rings. The van der Waals surface area contributed by atoms with E-state index in [1.165, 1.54) is 15.9 Å². The van der Waals surface area contributed by atoms with Crippen molar-refractivity contribution in [3.05, 3.63) is 53.4 Å². The first-order chi connectivity index (χ1) is 15.7. The lowest BCUT2D eigenvalue weighted by Gasteiger charge is -2.19. The number of thiazole rings is 1. The lowest BCUT2D eigenvalue weighted by molar-refractivity contribution is 0.0544. The lowest BCUT2D eigenvalue weighted by Crippen LogP contribution is -2.26. The third-order valence-corrected chi connectivity index (χ3v) is 6.33. The number of carbonyl (C=O) groups excluding carboxylic acids is 1. The zero-order chi connectivity index (χ0) is 23.3. The molecule has 0 amide bonds. The van der Waals surface area contributed by atoms with Gasteiger partial charge in [-0.05, 0) is 45.0 Å². The number of nitrogens with one attached hydrogen (secondary N) is 1. The maximum atomic E-state index is 12.9. The number of hydrogen-bond acceptors (Lipinski definition) is 6. The Morgan fingerprint density at radius 1 is 1.18 bits per heavy atom. The molecule has 4 heterocycles. The number of benzene rings is 1. The number of aromatic nitrogens is 4. The Hall–Kier alpha value is -3.36. The quantitative estimate of drug-likeness (QED) is 0.289. The molecule has 1 N–H and O–H groups in total. The summed E-state index contributed by atoms with van der Waals surface area (Å²) < 4.78 is 12.6. The SMILES string of the molecule is COc1ccc2c(c1)c(-c1nc(-c3c[nH]c4c(Cl)nccc34)cs1)cn2C(=O)OC(C)(C)C. The Kier molecular flexibility index (Phi) is 5.14. The largest absolute Gasteiger partial charge is 0.497 e. The first kappa shape index (κ1) is 21.5. The van der Waals surface area contributed by atoms with Gasteiger partial charge in [0.15, 0.2) is 5.15 Å². The highest BCUT2D eigenvalue weighted by Gasteiger charge is 2.23. The van der Waals surface area contributed by atoms with E-state index in [2.05, 4.69) is 9.97 Å². The number of H-pyrrole nitrogens is 1. The van der Waals surface area contributed by atoms with Gasteiger partial charge in [0, 0.05) is 45.9 Å². The predicted octanol–water partition coefficient (Wildman–Crippen LogP) is 6.75. The van der Waals surface area contributed by atoms with Crippen LogP contribution in [0.2, 0.25) is 5.15 Å². The minimum Gasteiger partial charge on any atom is -0.497 e. The molecule has 0 saturated carbocycles. The van der Waals surface area contributed by atoms with Gasteiger partial charge in [-0.2, -0.15) is 0 Å². The summed E-state index contributed by atoms with van der Waals surface area (Å²) in [7, 11) is 1.62. The minimum absolute atomic E-state index is 0.418. The second-order valence-corrected chi connectivity index (χ2v) is 9.76. The van der Waals surface area contributed by atoms with Gasteiger partial charge in [0.05, 0.1) is 23.8 Å². The van der Waals surface area contributed by atoms with Crippen molar-refractivity contribution in [2.75, 3.05) is 7.11 Å². The standard InChI is InChI=1S/C24H21ClN4O3S/c1-24(2,3)32-23(30)29-11-17(15-9-13(31-4)5-6-19(15)29)22-28-18(12-33-22)16-10-27-20-14(16)7-8-26-21(20)25/h5-12,27H,1-4H3. The van der Waals surface area contributed by atoms with E-state index in [1.54, 1.807) is 19.5 Å². The molecule has 0 aliphatic heterocycles. The van der Waals surface area contributed by atoms with Crippen molar-refractivity contribution in [1.82, 2.24) is 19.5 Å². The Bertz CT molecular complexity index is 1510. The highest BCUT2D eigenvalue weighted by molar-refractivity contribution is 7.13. The fourth-order valence-electron chi connectivity index (χ4n) is 3.72. The van der Waals surface area contributed by atoms with E-state index in [0.29, 0.717) is 10.9 Å². The Labute approximate surface area is 198 Å². The molecule has 0 atom stereocenters. The smallest absolute Gasteiger partial charge is 0.419 e. The van der Waals surface area contributed by atoms with E-state index in [0.717, 1.165) is 43.6 Å². The maximum absolute atomic E-state index is 12.9. The van der Waals surface area contributed by atoms with E-state index < -0.39 is 11.7 Å². The number of fused-ring (bicyclic) bond motifs is 2. The van der Waals surface area contributed by atoms with Crippen molar-refractivity contribution in [2.45, 2.75) is 26.4 Å². The monoisotopic (exact) mass is 480 g/mol. The van der Waals surface area contributed by atoms with Gasteiger partial charge in [0.25, 0.3) is 0 Å². The third-order valence-electron chi connectivity index (χ3n) is 5.17. The van der Waals surface area contributed by atoms with Crippen molar-refractivity contribution in [3.63, 3.8) is 0 Å². The second kappa shape index (κ2) is 7.90. The Morgan fingerprint density at radius 3 is 2.76 bits per heavy atom. The van der Waals surface area contributed by atoms with Crippen LogP contribution in [0.1, 0.15) is 20.8 Å². The summed E-state index contributed by atoms with van der Waals surface area (Å²) in [5, 5.41) is 4.99. The number of aromatic amines is 1. The highest BCUT2D eigenvalue weighted by atomic mass is 35.5. The van der Waals surface area contributed by atoms with Gasteiger partial charge in [-0.3, -0.25) is 4.57 Å². The average Bonchev–Trinajstić information content (AvgIpc) is 3.48. The van der Waals surface area contributed by atoms with Gasteiger partial charge in [0.1, 0.15) is 16.4 Å². The number of hydrogen-bond donors (Lipinski definition) is 1. The van der Waals surface area contributed by atoms with Gasteiger partial charge >= 0.3 is 6.09 Å². The fourth-order valence-corrected chi connectivity index (χ4v) is 4.78. The van der Waals surface area contributed by atoms with E-state index >= 15 is 0 Å². The molecule has 5 rings (SSSR count). The van der Waals surface area contributed by atoms with Crippen LogP contribution in [-0.4, -0.2) is 38.3 Å². The van der Waals surface area contributed by atoms with Crippen LogP contribution in [0.25, 0.3) is 43.6 Å². The average molecular weight is 481 g/mol. The topological polar surface area (TPSA) is 82.0 Å². The summed E-state index contributed by atoms with van der Waals surface area (Å²) in [5.74, 6) is 0.696. The molecule has 0 fully saturated rings. The highest BCUT2D eigenvalue weighted by Crippen LogP contribution is 2.38. The molecule has 0 aliphatic carbocycles. The number of methoxy groups -OCH3 is 1. The van der Waals surface area contributed by atoms with Crippen LogP contribution >= 0.6 is 22.9 Å². The molecule has 0 spiro atoms. The summed E-state index contributed by atoms with van der Waals surface area (Å²) in [6, 6.07) is 7.49. The van der Waals surface area contributed by atoms with Crippen LogP contribution in [0, 0.1) is 0 Å². The van der Waals surface area contributed by atoms with Gasteiger partial charge < -0.3 is 14.5 Å². The Morgan fingerprint density at radius 2 is 2.00 bits per heavy atom. The fraction of sp³-hybridized carbons (Fsp3) is 0.208. The first-order valence-electron chi connectivity index (χ1n) is 10.3. The predicted molar refractivity (Wildman–Crippen MR) is 131 cm³/mol. The molecule has 4 aromatic heterocycles. The number of nitrogens with zero attached hydrogens (tertiary/aromatic N) is 3. The van der Waals surface area contributed by atoms with Crippen molar-refractivity contribution in [2.24, 2.45) is 0 Å². The van der Waals surface area contributed by atoms with Crippen LogP contribution in [0.4, 0.5) is 4.79 Å². The molecule has 0 unspecified atom stereocenters. The van der Waals surface area contributed by atoms with Gasteiger partial charge in [-0.15, -0.1) is 11.3 Å². The van der Waals surface area contributed by atoms with Crippen molar-refractivity contribution in [3.8, 4) is 27.6 Å². The molecule has 7 nitrogen and oxygen atoms in total. The van der Waals surface area contributed by atoms with Crippen LogP contribution in [0.3, 0.4) is 0 Å². The van der Waals surface area contributed by atoms with Crippen LogP contribution in [-0.2, 0) is 4.74 Å². The summed E-state index contributed by atoms with van der Waals surface area (Å²) in [6.07, 6.45) is 4.89. The number of pyridine rings is 1. The molecule has 5 aromatic rings. The minimum atomic E-state index is -0.611. The van der Waals surface area contributed by atoms with Gasteiger partial charge in [-0.1, -0.05) is 11.6 Å². The molecule has 9 heteroatoms. The molecular formula is C24H21ClN4O3S. The van der Waals surface area contributed by atoms with Gasteiger partial charge in [-0.25, -0.2) is 14.8 Å². The normalized spacial score (nSPS) is 11.9. The molecular weight excluding hydrogens is 460 g/mol. The molecule has 168 valence electrons. The third kappa shape index (κ3) is 3.85. The van der Waals surface area contributed by atoms with Crippen LogP contribution < -0.4 is 4.74 Å². The van der Waals surface area contributed by atoms with Crippen LogP contribution in [0.5, 0.6) is 5.75 Å². The van der Waals surface area contributed by atoms with E-state index in [1.807, 2.05) is 56.6 Å². The molecule has 0 saturated heterocycles. The van der Waals surface area contributed by atoms with Crippen LogP contribution in [0.15, 0.2) is 48.2 Å². The van der Waals surface area contributed by atoms with Gasteiger partial charge in [0.2, 0.25) is 0 Å². The molecule has 33 heavy (non-hydrogen) atoms. The van der Waals surface area contributed by atoms with Crippen molar-refractivity contribution >= 4 is 50.8 Å². The first-order valence-corrected chi connectivity index (χ1v) is 11.5. The molecule has 0 radical (unpaired) electrons. The van der Waals surface area contributed by atoms with E-state index in [4.69, 9.17) is 26.1 Å². The van der Waals surface area contributed by atoms with Crippen molar-refractivity contribution in [1.29, 1.82) is 0 Å². The lowest BCUT2D eigenvalue weighted by atomic mass is 10.1. The summed E-state index contributed by atoms with van der Waals surface area (Å²) in [4.78, 5) is 25.1. The van der Waals surface area contributed by atoms with E-state index in [-0.39, 0.29) is 0 Å². The number of halogens is 1. The maximum Gasteiger partial charge on any atom is 0.419 e. The summed E-state index contributed by atoms with van der Waals surface area (Å²) in [5.41, 5.74) is 3.46. The Balaban J connectivity index is 1.63. The number of carbonyl (C=O) groups is 1. The van der Waals surface area contributed by atoms with E-state index in [9.17, 15) is 4.79 Å². The molecule has 0 bridgehead atoms. The van der Waals surface area contributed by atoms with Crippen molar-refractivity contribution < 1.29 is 14.3 Å². The zero-order valence-electron chi connectivity index (χ0n) is 18.5. The summed E-state index contributed by atoms with van der Waals surface area (Å²) in [6.45, 7) is 5.53. The summed E-state index contributed by atoms with van der Waals surface area (Å²) >= 11 is 7.71. The zero-order valence-corrected chi connectivity index (χ0v) is 20.0. The number of ether oxygens (including phenoxy) is 2.